The lowest BCUT2D eigenvalue weighted by Crippen LogP contribution is -2.23. The summed E-state index contributed by atoms with van der Waals surface area (Å²) in [4.78, 5) is 3.50. The van der Waals surface area contributed by atoms with Crippen molar-refractivity contribution in [2.24, 2.45) is 10.2 Å². The number of nitriles is 2. The molecule has 1 aromatic carbocycles. The molecule has 1 aliphatic carbocycles. The minimum Gasteiger partial charge on any atom is -0.371 e. The van der Waals surface area contributed by atoms with Crippen molar-refractivity contribution < 1.29 is 0 Å². The van der Waals surface area contributed by atoms with Gasteiger partial charge in [-0.05, 0) is 68.9 Å². The van der Waals surface area contributed by atoms with E-state index in [-0.39, 0.29) is 0 Å². The van der Waals surface area contributed by atoms with E-state index in [0.717, 1.165) is 59.9 Å². The average molecular weight is 406 g/mol. The molecule has 0 aliphatic heterocycles. The van der Waals surface area contributed by atoms with Crippen LogP contribution in [0.25, 0.3) is 0 Å². The molecule has 0 amide bonds. The first-order valence-corrected chi connectivity index (χ1v) is 11.2. The van der Waals surface area contributed by atoms with E-state index < -0.39 is 0 Å². The molecule has 0 unspecified atom stereocenters. The molecule has 0 saturated heterocycles. The second-order valence-electron chi connectivity index (χ2n) is 7.37. The number of thiophene rings is 1. The summed E-state index contributed by atoms with van der Waals surface area (Å²) in [5.41, 5.74) is 4.87. The zero-order valence-electron chi connectivity index (χ0n) is 17.2. The van der Waals surface area contributed by atoms with Gasteiger partial charge in [0.2, 0.25) is 0 Å². The van der Waals surface area contributed by atoms with E-state index >= 15 is 0 Å². The molecule has 29 heavy (non-hydrogen) atoms. The average Bonchev–Trinajstić information content (AvgIpc) is 3.03. The summed E-state index contributed by atoms with van der Waals surface area (Å²) < 4.78 is 0. The highest BCUT2D eigenvalue weighted by Gasteiger charge is 2.19. The minimum absolute atomic E-state index is 0.508. The quantitative estimate of drug-likeness (QED) is 0.499. The molecule has 0 atom stereocenters. The van der Waals surface area contributed by atoms with Crippen molar-refractivity contribution in [1.29, 1.82) is 10.5 Å². The van der Waals surface area contributed by atoms with Crippen molar-refractivity contribution in [3.8, 4) is 12.1 Å². The van der Waals surface area contributed by atoms with E-state index in [1.807, 2.05) is 19.1 Å². The van der Waals surface area contributed by atoms with Crippen molar-refractivity contribution in [2.75, 3.05) is 18.0 Å². The van der Waals surface area contributed by atoms with E-state index in [9.17, 15) is 5.26 Å². The van der Waals surface area contributed by atoms with Gasteiger partial charge in [-0.2, -0.15) is 10.5 Å². The number of hydrogen-bond donors (Lipinski definition) is 0. The monoisotopic (exact) mass is 405 g/mol. The van der Waals surface area contributed by atoms with E-state index in [2.05, 4.69) is 40.3 Å². The number of aryl methyl sites for hydroxylation is 2. The predicted molar refractivity (Wildman–Crippen MR) is 118 cm³/mol. The van der Waals surface area contributed by atoms with Gasteiger partial charge in [0.05, 0.1) is 23.7 Å². The van der Waals surface area contributed by atoms with Crippen LogP contribution in [0.4, 0.5) is 16.4 Å². The Morgan fingerprint density at radius 1 is 1.10 bits per heavy atom. The van der Waals surface area contributed by atoms with Gasteiger partial charge in [0.25, 0.3) is 0 Å². The highest BCUT2D eigenvalue weighted by Crippen LogP contribution is 2.39. The summed E-state index contributed by atoms with van der Waals surface area (Å²) in [5, 5.41) is 28.2. The first-order chi connectivity index (χ1) is 14.2. The van der Waals surface area contributed by atoms with Gasteiger partial charge in [-0.3, -0.25) is 0 Å². The largest absolute Gasteiger partial charge is 0.371 e. The Bertz CT molecular complexity index is 961. The summed E-state index contributed by atoms with van der Waals surface area (Å²) >= 11 is 1.63. The van der Waals surface area contributed by atoms with Crippen LogP contribution in [0, 0.1) is 29.6 Å². The molecule has 6 heteroatoms. The van der Waals surface area contributed by atoms with Crippen molar-refractivity contribution in [3.63, 3.8) is 0 Å². The van der Waals surface area contributed by atoms with Crippen LogP contribution in [0.5, 0.6) is 0 Å². The fraction of sp³-hybridized carbons (Fsp3) is 0.478. The van der Waals surface area contributed by atoms with E-state index in [0.29, 0.717) is 6.42 Å². The highest BCUT2D eigenvalue weighted by atomic mass is 32.1. The molecule has 2 aromatic rings. The molecule has 1 heterocycles. The first-order valence-electron chi connectivity index (χ1n) is 10.4. The van der Waals surface area contributed by atoms with E-state index in [4.69, 9.17) is 5.26 Å². The van der Waals surface area contributed by atoms with E-state index in [1.165, 1.54) is 29.7 Å². The number of anilines is 1. The molecule has 3 rings (SSSR count). The molecule has 0 N–H and O–H groups in total. The number of fused-ring (bicyclic) bond motifs is 1. The van der Waals surface area contributed by atoms with Crippen LogP contribution in [0.15, 0.2) is 28.4 Å². The summed E-state index contributed by atoms with van der Waals surface area (Å²) in [6.45, 7) is 5.69. The predicted octanol–water partition coefficient (Wildman–Crippen LogP) is 6.74. The van der Waals surface area contributed by atoms with Gasteiger partial charge >= 0.3 is 0 Å². The molecular weight excluding hydrogens is 378 g/mol. The summed E-state index contributed by atoms with van der Waals surface area (Å²) in [6.07, 6.45) is 7.39. The lowest BCUT2D eigenvalue weighted by atomic mass is 9.97. The standard InChI is InChI=1S/C23H27N5S/c1-3-28(14-8-13-24)18-11-12-21(17(2)15-18)26-27-23-20(16-25)19-9-6-4-5-7-10-22(19)29-23/h11-12,15H,3-10,14H2,1-2H3. The van der Waals surface area contributed by atoms with Crippen molar-refractivity contribution in [2.45, 2.75) is 58.8 Å². The second-order valence-corrected chi connectivity index (χ2v) is 8.45. The second kappa shape index (κ2) is 10.2. The minimum atomic E-state index is 0.508. The van der Waals surface area contributed by atoms with Crippen LogP contribution in [0.2, 0.25) is 0 Å². The van der Waals surface area contributed by atoms with Crippen LogP contribution in [0.1, 0.15) is 60.6 Å². The van der Waals surface area contributed by atoms with Crippen LogP contribution in [-0.4, -0.2) is 13.1 Å². The zero-order valence-corrected chi connectivity index (χ0v) is 18.1. The normalized spacial score (nSPS) is 13.9. The van der Waals surface area contributed by atoms with Gasteiger partial charge in [-0.15, -0.1) is 21.6 Å². The third-order valence-corrected chi connectivity index (χ3v) is 6.61. The SMILES string of the molecule is CCN(CCC#N)c1ccc(N=Nc2sc3c(c2C#N)CCCCCC3)c(C)c1. The van der Waals surface area contributed by atoms with E-state index in [1.54, 1.807) is 11.3 Å². The highest BCUT2D eigenvalue weighted by molar-refractivity contribution is 7.16. The van der Waals surface area contributed by atoms with Gasteiger partial charge in [-0.25, -0.2) is 0 Å². The number of rotatable bonds is 6. The summed E-state index contributed by atoms with van der Waals surface area (Å²) in [7, 11) is 0. The molecule has 1 aliphatic rings. The Labute approximate surface area is 177 Å². The lowest BCUT2D eigenvalue weighted by Gasteiger charge is -2.22. The topological polar surface area (TPSA) is 75.5 Å². The smallest absolute Gasteiger partial charge is 0.157 e. The molecular formula is C23H27N5S. The molecule has 0 fully saturated rings. The molecule has 0 saturated carbocycles. The van der Waals surface area contributed by atoms with Crippen molar-refractivity contribution in [1.82, 2.24) is 0 Å². The number of hydrogen-bond acceptors (Lipinski definition) is 6. The Morgan fingerprint density at radius 3 is 2.59 bits per heavy atom. The fourth-order valence-electron chi connectivity index (χ4n) is 3.79. The molecule has 5 nitrogen and oxygen atoms in total. The maximum absolute atomic E-state index is 9.70. The van der Waals surface area contributed by atoms with Gasteiger partial charge in [0.1, 0.15) is 6.07 Å². The molecule has 0 radical (unpaired) electrons. The van der Waals surface area contributed by atoms with Crippen molar-refractivity contribution >= 4 is 27.7 Å². The first kappa shape index (κ1) is 21.0. The fourth-order valence-corrected chi connectivity index (χ4v) is 4.95. The number of benzene rings is 1. The summed E-state index contributed by atoms with van der Waals surface area (Å²) in [6, 6.07) is 10.7. The third-order valence-electron chi connectivity index (χ3n) is 5.43. The maximum Gasteiger partial charge on any atom is 0.157 e. The van der Waals surface area contributed by atoms with Crippen LogP contribution in [-0.2, 0) is 12.8 Å². The number of nitrogens with zero attached hydrogens (tertiary/aromatic N) is 5. The Balaban J connectivity index is 1.84. The maximum atomic E-state index is 9.70. The molecule has 1 aromatic heterocycles. The Morgan fingerprint density at radius 2 is 1.90 bits per heavy atom. The van der Waals surface area contributed by atoms with Gasteiger partial charge in [0, 0.05) is 23.7 Å². The third kappa shape index (κ3) is 5.02. The molecule has 150 valence electrons. The van der Waals surface area contributed by atoms with Crippen LogP contribution < -0.4 is 4.90 Å². The summed E-state index contributed by atoms with van der Waals surface area (Å²) in [5.74, 6) is 0. The zero-order chi connectivity index (χ0) is 20.6. The lowest BCUT2D eigenvalue weighted by molar-refractivity contribution is 0.622. The Hall–Kier alpha value is -2.70. The van der Waals surface area contributed by atoms with Crippen LogP contribution >= 0.6 is 11.3 Å². The number of azo groups is 1. The molecule has 0 spiro atoms. The molecule has 0 bridgehead atoms. The Kier molecular flexibility index (Phi) is 7.38. The van der Waals surface area contributed by atoms with Gasteiger partial charge < -0.3 is 4.90 Å². The van der Waals surface area contributed by atoms with Crippen molar-refractivity contribution in [3.05, 3.63) is 39.8 Å². The van der Waals surface area contributed by atoms with Gasteiger partial charge in [0.15, 0.2) is 5.00 Å². The van der Waals surface area contributed by atoms with Crippen LogP contribution in [0.3, 0.4) is 0 Å². The van der Waals surface area contributed by atoms with Gasteiger partial charge in [-0.1, -0.05) is 12.8 Å².